The Labute approximate surface area is 140 Å². The summed E-state index contributed by atoms with van der Waals surface area (Å²) < 4.78 is 11.0. The summed E-state index contributed by atoms with van der Waals surface area (Å²) in [6, 6.07) is 2.84. The quantitative estimate of drug-likeness (QED) is 0.619. The van der Waals surface area contributed by atoms with Gasteiger partial charge in [0.15, 0.2) is 0 Å². The van der Waals surface area contributed by atoms with Gasteiger partial charge in [0.25, 0.3) is 5.69 Å². The molecule has 8 heteroatoms. The van der Waals surface area contributed by atoms with Gasteiger partial charge in [-0.05, 0) is 33.6 Å². The summed E-state index contributed by atoms with van der Waals surface area (Å²) in [6.45, 7) is 7.19. The lowest BCUT2D eigenvalue weighted by Gasteiger charge is -2.33. The normalized spacial score (nSPS) is 18.1. The van der Waals surface area contributed by atoms with Gasteiger partial charge in [0.2, 0.25) is 5.88 Å². The molecule has 2 heterocycles. The summed E-state index contributed by atoms with van der Waals surface area (Å²) in [7, 11) is 0. The van der Waals surface area contributed by atoms with Gasteiger partial charge < -0.3 is 14.4 Å². The third-order valence-electron chi connectivity index (χ3n) is 3.57. The molecule has 1 aromatic rings. The molecule has 0 saturated carbocycles. The molecule has 0 radical (unpaired) electrons. The highest BCUT2D eigenvalue weighted by molar-refractivity contribution is 5.68. The number of hydrogen-bond acceptors (Lipinski definition) is 6. The molecule has 2 rings (SSSR count). The van der Waals surface area contributed by atoms with Gasteiger partial charge in [0, 0.05) is 31.1 Å². The highest BCUT2D eigenvalue weighted by Crippen LogP contribution is 2.21. The Morgan fingerprint density at radius 1 is 1.46 bits per heavy atom. The molecule has 0 bridgehead atoms. The fourth-order valence-electron chi connectivity index (χ4n) is 2.46. The number of rotatable bonds is 4. The topological polar surface area (TPSA) is 94.8 Å². The molecule has 0 N–H and O–H groups in total. The molecule has 0 spiro atoms. The number of amides is 1. The molecule has 0 unspecified atom stereocenters. The van der Waals surface area contributed by atoms with E-state index in [0.717, 1.165) is 12.8 Å². The van der Waals surface area contributed by atoms with Gasteiger partial charge in [-0.25, -0.2) is 9.78 Å². The second-order valence-corrected chi connectivity index (χ2v) is 6.86. The zero-order valence-electron chi connectivity index (χ0n) is 14.2. The van der Waals surface area contributed by atoms with E-state index in [4.69, 9.17) is 9.47 Å². The second-order valence-electron chi connectivity index (χ2n) is 6.86. The van der Waals surface area contributed by atoms with Gasteiger partial charge in [-0.2, -0.15) is 0 Å². The number of ether oxygens (including phenoxy) is 2. The fourth-order valence-corrected chi connectivity index (χ4v) is 2.46. The molecule has 1 fully saturated rings. The number of carbonyl (C=O) groups excluding carboxylic acids is 1. The maximum absolute atomic E-state index is 12.1. The van der Waals surface area contributed by atoms with Gasteiger partial charge in [-0.1, -0.05) is 0 Å². The summed E-state index contributed by atoms with van der Waals surface area (Å²) in [5.41, 5.74) is -0.584. The number of nitro groups is 1. The van der Waals surface area contributed by atoms with Crippen LogP contribution in [-0.4, -0.2) is 46.2 Å². The minimum atomic E-state index is -0.511. The molecule has 1 atom stereocenters. The smallest absolute Gasteiger partial charge is 0.410 e. The molecule has 1 aromatic heterocycles. The van der Waals surface area contributed by atoms with Crippen LogP contribution >= 0.6 is 0 Å². The Bertz CT molecular complexity index is 582. The van der Waals surface area contributed by atoms with Crippen molar-refractivity contribution in [3.63, 3.8) is 0 Å². The number of pyridine rings is 1. The van der Waals surface area contributed by atoms with E-state index >= 15 is 0 Å². The molecule has 1 saturated heterocycles. The number of piperidine rings is 1. The lowest BCUT2D eigenvalue weighted by Crippen LogP contribution is -2.44. The summed E-state index contributed by atoms with van der Waals surface area (Å²) in [5.74, 6) is 0.526. The first-order valence-corrected chi connectivity index (χ1v) is 7.96. The number of carbonyl (C=O) groups is 1. The Kier molecular flexibility index (Phi) is 5.58. The van der Waals surface area contributed by atoms with Crippen molar-refractivity contribution in [2.75, 3.05) is 19.7 Å². The first kappa shape index (κ1) is 18.0. The molecular weight excluding hydrogens is 314 g/mol. The van der Waals surface area contributed by atoms with Gasteiger partial charge >= 0.3 is 6.09 Å². The number of hydrogen-bond donors (Lipinski definition) is 0. The summed E-state index contributed by atoms with van der Waals surface area (Å²) >= 11 is 0. The van der Waals surface area contributed by atoms with Crippen molar-refractivity contribution in [2.45, 2.75) is 39.2 Å². The minimum absolute atomic E-state index is 0.0730. The maximum atomic E-state index is 12.1. The Morgan fingerprint density at radius 3 is 2.79 bits per heavy atom. The average Bonchev–Trinajstić information content (AvgIpc) is 2.52. The van der Waals surface area contributed by atoms with E-state index in [1.54, 1.807) is 4.90 Å². The predicted molar refractivity (Wildman–Crippen MR) is 86.9 cm³/mol. The Morgan fingerprint density at radius 2 is 2.21 bits per heavy atom. The lowest BCUT2D eigenvalue weighted by atomic mass is 9.99. The van der Waals surface area contributed by atoms with Crippen molar-refractivity contribution in [3.8, 4) is 5.88 Å². The van der Waals surface area contributed by atoms with E-state index < -0.39 is 10.5 Å². The Balaban J connectivity index is 1.84. The van der Waals surface area contributed by atoms with Gasteiger partial charge in [0.1, 0.15) is 11.8 Å². The number of aromatic nitrogens is 1. The van der Waals surface area contributed by atoms with Crippen molar-refractivity contribution in [3.05, 3.63) is 28.4 Å². The third-order valence-corrected chi connectivity index (χ3v) is 3.57. The van der Waals surface area contributed by atoms with Crippen LogP contribution in [0.15, 0.2) is 18.3 Å². The van der Waals surface area contributed by atoms with Crippen molar-refractivity contribution in [1.82, 2.24) is 9.88 Å². The van der Waals surface area contributed by atoms with Crippen LogP contribution in [0.4, 0.5) is 10.5 Å². The number of likely N-dealkylation sites (tertiary alicyclic amines) is 1. The zero-order chi connectivity index (χ0) is 17.7. The second kappa shape index (κ2) is 7.46. The van der Waals surface area contributed by atoms with E-state index in [1.807, 2.05) is 20.8 Å². The van der Waals surface area contributed by atoms with E-state index in [-0.39, 0.29) is 17.7 Å². The fraction of sp³-hybridized carbons (Fsp3) is 0.625. The van der Waals surface area contributed by atoms with E-state index in [9.17, 15) is 14.9 Å². The predicted octanol–water partition coefficient (Wildman–Crippen LogP) is 3.02. The van der Waals surface area contributed by atoms with Crippen LogP contribution in [0.1, 0.15) is 33.6 Å². The van der Waals surface area contributed by atoms with Crippen molar-refractivity contribution >= 4 is 11.8 Å². The van der Waals surface area contributed by atoms with Crippen LogP contribution in [0.25, 0.3) is 0 Å². The van der Waals surface area contributed by atoms with Gasteiger partial charge in [-0.15, -0.1) is 0 Å². The molecule has 24 heavy (non-hydrogen) atoms. The Hall–Kier alpha value is -2.38. The van der Waals surface area contributed by atoms with Crippen LogP contribution in [0.2, 0.25) is 0 Å². The molecule has 132 valence electrons. The summed E-state index contributed by atoms with van der Waals surface area (Å²) in [6.07, 6.45) is 2.71. The summed E-state index contributed by atoms with van der Waals surface area (Å²) in [5, 5.41) is 10.6. The largest absolute Gasteiger partial charge is 0.477 e. The molecule has 1 amide bonds. The first-order valence-electron chi connectivity index (χ1n) is 7.96. The van der Waals surface area contributed by atoms with Crippen LogP contribution in [0.5, 0.6) is 5.88 Å². The minimum Gasteiger partial charge on any atom is -0.477 e. The molecular formula is C16H23N3O5. The zero-order valence-corrected chi connectivity index (χ0v) is 14.2. The SMILES string of the molecule is CC(C)(C)OC(=O)N1CCC[C@H](COc2ccc([N+](=O)[O-])cn2)C1. The van der Waals surface area contributed by atoms with Gasteiger partial charge in [0.05, 0.1) is 11.5 Å². The van der Waals surface area contributed by atoms with Crippen LogP contribution in [0, 0.1) is 16.0 Å². The maximum Gasteiger partial charge on any atom is 0.410 e. The molecule has 8 nitrogen and oxygen atoms in total. The van der Waals surface area contributed by atoms with Crippen LogP contribution in [0.3, 0.4) is 0 Å². The molecule has 1 aliphatic rings. The van der Waals surface area contributed by atoms with Crippen molar-refractivity contribution in [2.24, 2.45) is 5.92 Å². The lowest BCUT2D eigenvalue weighted by molar-refractivity contribution is -0.385. The van der Waals surface area contributed by atoms with E-state index in [2.05, 4.69) is 4.98 Å². The van der Waals surface area contributed by atoms with Crippen LogP contribution < -0.4 is 4.74 Å². The van der Waals surface area contributed by atoms with E-state index in [0.29, 0.717) is 25.6 Å². The van der Waals surface area contributed by atoms with Gasteiger partial charge in [-0.3, -0.25) is 10.1 Å². The molecule has 1 aliphatic heterocycles. The monoisotopic (exact) mass is 337 g/mol. The van der Waals surface area contributed by atoms with E-state index in [1.165, 1.54) is 18.3 Å². The third kappa shape index (κ3) is 5.36. The highest BCUT2D eigenvalue weighted by Gasteiger charge is 2.28. The molecule has 0 aromatic carbocycles. The highest BCUT2D eigenvalue weighted by atomic mass is 16.6. The molecule has 0 aliphatic carbocycles. The summed E-state index contributed by atoms with van der Waals surface area (Å²) in [4.78, 5) is 27.8. The average molecular weight is 337 g/mol. The standard InChI is InChI=1S/C16H23N3O5/c1-16(2,3)24-15(20)18-8-4-5-12(10-18)11-23-14-7-6-13(9-17-14)19(21)22/h6-7,9,12H,4-5,8,10-11H2,1-3H3/t12-/m0/s1. The van der Waals surface area contributed by atoms with Crippen molar-refractivity contribution in [1.29, 1.82) is 0 Å². The number of nitrogens with zero attached hydrogens (tertiary/aromatic N) is 3. The van der Waals surface area contributed by atoms with Crippen molar-refractivity contribution < 1.29 is 19.2 Å². The first-order chi connectivity index (χ1) is 11.2. The van der Waals surface area contributed by atoms with Crippen LogP contribution in [-0.2, 0) is 4.74 Å².